The average molecular weight is 403 g/mol. The summed E-state index contributed by atoms with van der Waals surface area (Å²) in [7, 11) is 1.59. The number of hydrogen-bond acceptors (Lipinski definition) is 3. The maximum atomic E-state index is 12.9. The highest BCUT2D eigenvalue weighted by Crippen LogP contribution is 2.17. The Morgan fingerprint density at radius 3 is 2.39 bits per heavy atom. The van der Waals surface area contributed by atoms with Crippen LogP contribution >= 0.6 is 11.6 Å². The molecule has 0 heterocycles. The lowest BCUT2D eigenvalue weighted by Crippen LogP contribution is -2.48. The monoisotopic (exact) mass is 402 g/mol. The van der Waals surface area contributed by atoms with E-state index in [-0.39, 0.29) is 11.8 Å². The van der Waals surface area contributed by atoms with Crippen LogP contribution in [0.5, 0.6) is 5.75 Å². The highest BCUT2D eigenvalue weighted by atomic mass is 35.5. The topological polar surface area (TPSA) is 58.6 Å². The highest BCUT2D eigenvalue weighted by molar-refractivity contribution is 6.30. The fourth-order valence-corrected chi connectivity index (χ4v) is 3.08. The van der Waals surface area contributed by atoms with Gasteiger partial charge in [0.15, 0.2) is 0 Å². The van der Waals surface area contributed by atoms with Crippen LogP contribution in [0.2, 0.25) is 5.02 Å². The van der Waals surface area contributed by atoms with Crippen molar-refractivity contribution in [1.82, 2.24) is 10.2 Å². The molecule has 0 fully saturated rings. The zero-order chi connectivity index (χ0) is 20.4. The Morgan fingerprint density at radius 2 is 1.79 bits per heavy atom. The van der Waals surface area contributed by atoms with E-state index in [4.69, 9.17) is 16.3 Å². The number of rotatable bonds is 10. The average Bonchev–Trinajstić information content (AvgIpc) is 2.72. The zero-order valence-corrected chi connectivity index (χ0v) is 17.1. The van der Waals surface area contributed by atoms with Crippen LogP contribution < -0.4 is 10.1 Å². The molecule has 0 aliphatic heterocycles. The van der Waals surface area contributed by atoms with Crippen molar-refractivity contribution in [2.24, 2.45) is 0 Å². The minimum atomic E-state index is -0.491. The third-order valence-electron chi connectivity index (χ3n) is 4.45. The highest BCUT2D eigenvalue weighted by Gasteiger charge is 2.27. The zero-order valence-electron chi connectivity index (χ0n) is 16.4. The molecule has 2 amide bonds. The number of amides is 2. The minimum absolute atomic E-state index is 0.0565. The van der Waals surface area contributed by atoms with E-state index in [0.29, 0.717) is 37.4 Å². The maximum Gasteiger partial charge on any atom is 0.242 e. The molecule has 0 spiro atoms. The number of carbonyl (C=O) groups is 2. The lowest BCUT2D eigenvalue weighted by Gasteiger charge is -2.30. The van der Waals surface area contributed by atoms with Gasteiger partial charge in [0.1, 0.15) is 11.8 Å². The first-order valence-electron chi connectivity index (χ1n) is 9.48. The Balaban J connectivity index is 1.97. The van der Waals surface area contributed by atoms with Gasteiger partial charge in [-0.1, -0.05) is 48.9 Å². The quantitative estimate of drug-likeness (QED) is 0.610. The summed E-state index contributed by atoms with van der Waals surface area (Å²) in [6, 6.07) is 16.3. The molecule has 0 unspecified atom stereocenters. The number of hydrogen-bond donors (Lipinski definition) is 1. The summed E-state index contributed by atoms with van der Waals surface area (Å²) >= 11 is 5.86. The molecule has 150 valence electrons. The number of nitrogens with one attached hydrogen (secondary N) is 1. The van der Waals surface area contributed by atoms with Gasteiger partial charge in [-0.05, 0) is 42.7 Å². The molecule has 2 rings (SSSR count). The van der Waals surface area contributed by atoms with Crippen LogP contribution in [-0.4, -0.2) is 36.4 Å². The Hall–Kier alpha value is -2.53. The largest absolute Gasteiger partial charge is 0.494 e. The Labute approximate surface area is 171 Å². The van der Waals surface area contributed by atoms with Crippen molar-refractivity contribution in [1.29, 1.82) is 0 Å². The second-order valence-electron chi connectivity index (χ2n) is 6.45. The second-order valence-corrected chi connectivity index (χ2v) is 6.89. The number of nitrogens with zero attached hydrogens (tertiary/aromatic N) is 1. The Bertz CT molecular complexity index is 750. The molecule has 28 heavy (non-hydrogen) atoms. The Kier molecular flexibility index (Phi) is 8.82. The van der Waals surface area contributed by atoms with Crippen LogP contribution in [0, 0.1) is 0 Å². The summed E-state index contributed by atoms with van der Waals surface area (Å²) in [5.41, 5.74) is 0.996. The van der Waals surface area contributed by atoms with Crippen molar-refractivity contribution in [3.63, 3.8) is 0 Å². The van der Waals surface area contributed by atoms with Crippen LogP contribution in [0.25, 0.3) is 0 Å². The summed E-state index contributed by atoms with van der Waals surface area (Å²) in [6.07, 6.45) is 1.43. The molecule has 5 nitrogen and oxygen atoms in total. The third kappa shape index (κ3) is 6.57. The van der Waals surface area contributed by atoms with Crippen molar-refractivity contribution in [2.75, 3.05) is 13.7 Å². The predicted octanol–water partition coefficient (Wildman–Crippen LogP) is 4.05. The summed E-state index contributed by atoms with van der Waals surface area (Å²) in [4.78, 5) is 26.8. The molecule has 0 bridgehead atoms. The van der Waals surface area contributed by atoms with Crippen LogP contribution in [0.15, 0.2) is 54.6 Å². The van der Waals surface area contributed by atoms with Crippen molar-refractivity contribution in [2.45, 2.75) is 38.8 Å². The van der Waals surface area contributed by atoms with E-state index in [1.54, 1.807) is 36.2 Å². The summed E-state index contributed by atoms with van der Waals surface area (Å²) < 4.78 is 5.66. The molecule has 2 aromatic carbocycles. The smallest absolute Gasteiger partial charge is 0.242 e. The predicted molar refractivity (Wildman–Crippen MR) is 111 cm³/mol. The first kappa shape index (κ1) is 21.8. The fourth-order valence-electron chi connectivity index (χ4n) is 2.95. The first-order valence-corrected chi connectivity index (χ1v) is 9.86. The van der Waals surface area contributed by atoms with E-state index >= 15 is 0 Å². The summed E-state index contributed by atoms with van der Waals surface area (Å²) in [5, 5.41) is 3.31. The number of halogens is 1. The van der Waals surface area contributed by atoms with Gasteiger partial charge in [0.25, 0.3) is 0 Å². The molecule has 0 aliphatic carbocycles. The SMILES string of the molecule is CC[C@H](C(=O)NC)N(Cc1ccccc1)C(=O)CCCOc1ccc(Cl)cc1. The second kappa shape index (κ2) is 11.3. The van der Waals surface area contributed by atoms with Gasteiger partial charge in [-0.15, -0.1) is 0 Å². The van der Waals surface area contributed by atoms with Gasteiger partial charge in [0, 0.05) is 25.0 Å². The van der Waals surface area contributed by atoms with Crippen molar-refractivity contribution in [3.05, 3.63) is 65.2 Å². The summed E-state index contributed by atoms with van der Waals surface area (Å²) in [6.45, 7) is 2.74. The molecular weight excluding hydrogens is 376 g/mol. The van der Waals surface area contributed by atoms with Crippen LogP contribution in [-0.2, 0) is 16.1 Å². The molecule has 0 radical (unpaired) electrons. The minimum Gasteiger partial charge on any atom is -0.494 e. The molecule has 0 saturated heterocycles. The molecule has 0 saturated carbocycles. The van der Waals surface area contributed by atoms with Gasteiger partial charge in [-0.3, -0.25) is 9.59 Å². The van der Waals surface area contributed by atoms with Gasteiger partial charge in [-0.25, -0.2) is 0 Å². The van der Waals surface area contributed by atoms with E-state index in [9.17, 15) is 9.59 Å². The van der Waals surface area contributed by atoms with Gasteiger partial charge >= 0.3 is 0 Å². The maximum absolute atomic E-state index is 12.9. The molecule has 1 atom stereocenters. The van der Waals surface area contributed by atoms with E-state index in [2.05, 4.69) is 5.32 Å². The van der Waals surface area contributed by atoms with Gasteiger partial charge < -0.3 is 15.0 Å². The number of ether oxygens (including phenoxy) is 1. The molecule has 1 N–H and O–H groups in total. The normalized spacial score (nSPS) is 11.5. The van der Waals surface area contributed by atoms with Crippen LogP contribution in [0.3, 0.4) is 0 Å². The van der Waals surface area contributed by atoms with E-state index in [0.717, 1.165) is 11.3 Å². The van der Waals surface area contributed by atoms with E-state index in [1.807, 2.05) is 37.3 Å². The molecule has 0 aliphatic rings. The molecular formula is C22H27ClN2O3. The number of likely N-dealkylation sites (N-methyl/N-ethyl adjacent to an activating group) is 1. The number of benzene rings is 2. The lowest BCUT2D eigenvalue weighted by atomic mass is 10.1. The van der Waals surface area contributed by atoms with E-state index in [1.165, 1.54) is 0 Å². The molecule has 6 heteroatoms. The van der Waals surface area contributed by atoms with E-state index < -0.39 is 6.04 Å². The van der Waals surface area contributed by atoms with Gasteiger partial charge in [0.05, 0.1) is 6.61 Å². The van der Waals surface area contributed by atoms with Crippen LogP contribution in [0.1, 0.15) is 31.7 Å². The van der Waals surface area contributed by atoms with Crippen molar-refractivity contribution in [3.8, 4) is 5.75 Å². The fraction of sp³-hybridized carbons (Fsp3) is 0.364. The van der Waals surface area contributed by atoms with Gasteiger partial charge in [-0.2, -0.15) is 0 Å². The van der Waals surface area contributed by atoms with Crippen molar-refractivity contribution < 1.29 is 14.3 Å². The van der Waals surface area contributed by atoms with Gasteiger partial charge in [0.2, 0.25) is 11.8 Å². The van der Waals surface area contributed by atoms with Crippen LogP contribution in [0.4, 0.5) is 0 Å². The summed E-state index contributed by atoms with van der Waals surface area (Å²) in [5.74, 6) is 0.512. The third-order valence-corrected chi connectivity index (χ3v) is 4.70. The molecule has 2 aromatic rings. The Morgan fingerprint density at radius 1 is 1.11 bits per heavy atom. The number of carbonyl (C=O) groups excluding carboxylic acids is 2. The lowest BCUT2D eigenvalue weighted by molar-refractivity contribution is -0.141. The van der Waals surface area contributed by atoms with Crippen molar-refractivity contribution >= 4 is 23.4 Å². The molecule has 0 aromatic heterocycles. The standard InChI is InChI=1S/C22H27ClN2O3/c1-3-20(22(27)24-2)25(16-17-8-5-4-6-9-17)21(26)10-7-15-28-19-13-11-18(23)12-14-19/h4-6,8-9,11-14,20H,3,7,10,15-16H2,1-2H3,(H,24,27)/t20-/m1/s1. The first-order chi connectivity index (χ1) is 13.5.